The molecule has 0 atom stereocenters. The Morgan fingerprint density at radius 3 is 2.50 bits per heavy atom. The maximum Gasteiger partial charge on any atom is 0.0627 e. The fourth-order valence-corrected chi connectivity index (χ4v) is 1.84. The lowest BCUT2D eigenvalue weighted by atomic mass is 10.1. The Bertz CT molecular complexity index is 285. The standard InChI is InChI=1S/C12H20N2/c1-9(2)8-14(4)12-10(3)6-5-7-11(12)13/h5-7,9H,8,13H2,1-4H3. The van der Waals surface area contributed by atoms with Crippen molar-refractivity contribution in [1.29, 1.82) is 0 Å². The molecule has 0 aliphatic rings. The summed E-state index contributed by atoms with van der Waals surface area (Å²) in [5.74, 6) is 0.652. The molecule has 0 bridgehead atoms. The van der Waals surface area contributed by atoms with Crippen molar-refractivity contribution in [1.82, 2.24) is 0 Å². The van der Waals surface area contributed by atoms with Gasteiger partial charge in [-0.05, 0) is 24.5 Å². The molecule has 0 amide bonds. The van der Waals surface area contributed by atoms with E-state index >= 15 is 0 Å². The minimum absolute atomic E-state index is 0.652. The molecule has 0 aliphatic heterocycles. The van der Waals surface area contributed by atoms with Gasteiger partial charge in [0.25, 0.3) is 0 Å². The van der Waals surface area contributed by atoms with Crippen LogP contribution in [-0.4, -0.2) is 13.6 Å². The lowest BCUT2D eigenvalue weighted by molar-refractivity contribution is 0.638. The van der Waals surface area contributed by atoms with Crippen LogP contribution in [0.3, 0.4) is 0 Å². The third kappa shape index (κ3) is 2.41. The highest BCUT2D eigenvalue weighted by Crippen LogP contribution is 2.26. The van der Waals surface area contributed by atoms with Gasteiger partial charge in [0.15, 0.2) is 0 Å². The van der Waals surface area contributed by atoms with Crippen LogP contribution in [0.4, 0.5) is 11.4 Å². The zero-order valence-corrected chi connectivity index (χ0v) is 9.54. The van der Waals surface area contributed by atoms with Crippen LogP contribution in [0.25, 0.3) is 0 Å². The van der Waals surface area contributed by atoms with Gasteiger partial charge in [-0.15, -0.1) is 0 Å². The van der Waals surface area contributed by atoms with Crippen LogP contribution in [0, 0.1) is 12.8 Å². The van der Waals surface area contributed by atoms with E-state index in [1.807, 2.05) is 12.1 Å². The smallest absolute Gasteiger partial charge is 0.0627 e. The molecule has 0 saturated carbocycles. The molecule has 0 spiro atoms. The van der Waals surface area contributed by atoms with E-state index in [0.29, 0.717) is 5.92 Å². The van der Waals surface area contributed by atoms with Crippen LogP contribution in [0.15, 0.2) is 18.2 Å². The number of anilines is 2. The maximum absolute atomic E-state index is 5.96. The number of nitrogen functional groups attached to an aromatic ring is 1. The number of aryl methyl sites for hydroxylation is 1. The number of benzene rings is 1. The van der Waals surface area contributed by atoms with Crippen molar-refractivity contribution in [2.45, 2.75) is 20.8 Å². The minimum atomic E-state index is 0.652. The molecule has 0 heterocycles. The summed E-state index contributed by atoms with van der Waals surface area (Å²) in [7, 11) is 2.10. The summed E-state index contributed by atoms with van der Waals surface area (Å²) in [6, 6.07) is 6.05. The maximum atomic E-state index is 5.96. The van der Waals surface area contributed by atoms with E-state index in [1.165, 1.54) is 11.3 Å². The van der Waals surface area contributed by atoms with Crippen LogP contribution < -0.4 is 10.6 Å². The van der Waals surface area contributed by atoms with Gasteiger partial charge >= 0.3 is 0 Å². The van der Waals surface area contributed by atoms with Gasteiger partial charge in [0.05, 0.1) is 11.4 Å². The highest BCUT2D eigenvalue weighted by atomic mass is 15.1. The van der Waals surface area contributed by atoms with E-state index in [9.17, 15) is 0 Å². The lowest BCUT2D eigenvalue weighted by Gasteiger charge is -2.24. The highest BCUT2D eigenvalue weighted by Gasteiger charge is 2.08. The van der Waals surface area contributed by atoms with Crippen LogP contribution in [0.5, 0.6) is 0 Å². The first-order valence-corrected chi connectivity index (χ1v) is 5.08. The summed E-state index contributed by atoms with van der Waals surface area (Å²) in [6.07, 6.45) is 0. The van der Waals surface area contributed by atoms with Crippen molar-refractivity contribution in [3.8, 4) is 0 Å². The van der Waals surface area contributed by atoms with Crippen LogP contribution in [-0.2, 0) is 0 Å². The Morgan fingerprint density at radius 2 is 2.00 bits per heavy atom. The largest absolute Gasteiger partial charge is 0.397 e. The van der Waals surface area contributed by atoms with Crippen molar-refractivity contribution in [2.24, 2.45) is 5.92 Å². The lowest BCUT2D eigenvalue weighted by Crippen LogP contribution is -2.24. The molecule has 0 unspecified atom stereocenters. The van der Waals surface area contributed by atoms with Gasteiger partial charge in [-0.25, -0.2) is 0 Å². The molecular weight excluding hydrogens is 172 g/mol. The number of rotatable bonds is 3. The van der Waals surface area contributed by atoms with E-state index in [1.54, 1.807) is 0 Å². The number of nitrogens with zero attached hydrogens (tertiary/aromatic N) is 1. The van der Waals surface area contributed by atoms with E-state index < -0.39 is 0 Å². The van der Waals surface area contributed by atoms with Gasteiger partial charge < -0.3 is 10.6 Å². The first-order chi connectivity index (χ1) is 6.52. The molecule has 0 aliphatic carbocycles. The average Bonchev–Trinajstić information content (AvgIpc) is 2.01. The summed E-state index contributed by atoms with van der Waals surface area (Å²) in [4.78, 5) is 2.23. The topological polar surface area (TPSA) is 29.3 Å². The quantitative estimate of drug-likeness (QED) is 0.746. The van der Waals surface area contributed by atoms with Gasteiger partial charge in [-0.2, -0.15) is 0 Å². The molecule has 78 valence electrons. The Kier molecular flexibility index (Phi) is 3.39. The fourth-order valence-electron chi connectivity index (χ4n) is 1.84. The third-order valence-electron chi connectivity index (χ3n) is 2.29. The Hall–Kier alpha value is -1.18. The number of hydrogen-bond acceptors (Lipinski definition) is 2. The van der Waals surface area contributed by atoms with Crippen LogP contribution in [0.1, 0.15) is 19.4 Å². The van der Waals surface area contributed by atoms with Crippen molar-refractivity contribution >= 4 is 11.4 Å². The van der Waals surface area contributed by atoms with Crippen molar-refractivity contribution in [3.63, 3.8) is 0 Å². The summed E-state index contributed by atoms with van der Waals surface area (Å²) in [5.41, 5.74) is 9.24. The van der Waals surface area contributed by atoms with Gasteiger partial charge in [0, 0.05) is 13.6 Å². The summed E-state index contributed by atoms with van der Waals surface area (Å²) in [6.45, 7) is 7.56. The summed E-state index contributed by atoms with van der Waals surface area (Å²) < 4.78 is 0. The van der Waals surface area contributed by atoms with Gasteiger partial charge in [-0.1, -0.05) is 26.0 Å². The predicted molar refractivity (Wildman–Crippen MR) is 63.7 cm³/mol. The normalized spacial score (nSPS) is 10.6. The zero-order valence-electron chi connectivity index (χ0n) is 9.54. The first kappa shape index (κ1) is 10.9. The molecular formula is C12H20N2. The molecule has 14 heavy (non-hydrogen) atoms. The summed E-state index contributed by atoms with van der Waals surface area (Å²) >= 11 is 0. The molecule has 1 aromatic rings. The van der Waals surface area contributed by atoms with Gasteiger partial charge in [-0.3, -0.25) is 0 Å². The van der Waals surface area contributed by atoms with Crippen molar-refractivity contribution < 1.29 is 0 Å². The van der Waals surface area contributed by atoms with Gasteiger partial charge in [0.2, 0.25) is 0 Å². The molecule has 0 radical (unpaired) electrons. The fraction of sp³-hybridized carbons (Fsp3) is 0.500. The molecule has 2 nitrogen and oxygen atoms in total. The zero-order chi connectivity index (χ0) is 10.7. The summed E-state index contributed by atoms with van der Waals surface area (Å²) in [5, 5.41) is 0. The van der Waals surface area contributed by atoms with E-state index in [0.717, 1.165) is 12.2 Å². The molecule has 0 aromatic heterocycles. The molecule has 0 fully saturated rings. The average molecular weight is 192 g/mol. The number of hydrogen-bond donors (Lipinski definition) is 1. The Balaban J connectivity index is 2.94. The van der Waals surface area contributed by atoms with E-state index in [-0.39, 0.29) is 0 Å². The Morgan fingerprint density at radius 1 is 1.36 bits per heavy atom. The molecule has 1 aromatic carbocycles. The second-order valence-corrected chi connectivity index (χ2v) is 4.29. The van der Waals surface area contributed by atoms with Crippen LogP contribution in [0.2, 0.25) is 0 Å². The van der Waals surface area contributed by atoms with Crippen LogP contribution >= 0.6 is 0 Å². The number of para-hydroxylation sites is 1. The molecule has 2 heteroatoms. The molecule has 2 N–H and O–H groups in total. The second kappa shape index (κ2) is 4.36. The second-order valence-electron chi connectivity index (χ2n) is 4.29. The molecule has 1 rings (SSSR count). The van der Waals surface area contributed by atoms with E-state index in [4.69, 9.17) is 5.73 Å². The van der Waals surface area contributed by atoms with Crippen molar-refractivity contribution in [2.75, 3.05) is 24.2 Å². The highest BCUT2D eigenvalue weighted by molar-refractivity contribution is 5.70. The monoisotopic (exact) mass is 192 g/mol. The van der Waals surface area contributed by atoms with Crippen molar-refractivity contribution in [3.05, 3.63) is 23.8 Å². The Labute approximate surface area is 86.7 Å². The first-order valence-electron chi connectivity index (χ1n) is 5.08. The van der Waals surface area contributed by atoms with E-state index in [2.05, 4.69) is 38.8 Å². The number of nitrogens with two attached hydrogens (primary N) is 1. The van der Waals surface area contributed by atoms with Gasteiger partial charge in [0.1, 0.15) is 0 Å². The third-order valence-corrected chi connectivity index (χ3v) is 2.29. The molecule has 0 saturated heterocycles. The minimum Gasteiger partial charge on any atom is -0.397 e. The predicted octanol–water partition coefficient (Wildman–Crippen LogP) is 2.67. The SMILES string of the molecule is Cc1cccc(N)c1N(C)CC(C)C.